The highest BCUT2D eigenvalue weighted by atomic mass is 32.1. The normalized spacial score (nSPS) is 10.7. The topological polar surface area (TPSA) is 12.9 Å². The van der Waals surface area contributed by atoms with E-state index in [1.807, 2.05) is 12.1 Å². The van der Waals surface area contributed by atoms with Gasteiger partial charge in [0.15, 0.2) is 0 Å². The second-order valence-electron chi connectivity index (χ2n) is 5.74. The molecule has 1 aromatic heterocycles. The molecule has 0 amide bonds. The van der Waals surface area contributed by atoms with E-state index in [1.54, 1.807) is 11.3 Å². The van der Waals surface area contributed by atoms with Crippen LogP contribution in [0, 0.1) is 6.92 Å². The SMILES string of the molecule is Cc1nc(-c2ccccc2)sc1-c1ccc(-c2ccccc2)cc1. The molecule has 0 atom stereocenters. The van der Waals surface area contributed by atoms with Crippen molar-refractivity contribution in [2.75, 3.05) is 0 Å². The van der Waals surface area contributed by atoms with E-state index in [1.165, 1.54) is 27.1 Å². The van der Waals surface area contributed by atoms with Crippen molar-refractivity contribution in [3.8, 4) is 32.1 Å². The largest absolute Gasteiger partial charge is 0.241 e. The second-order valence-corrected chi connectivity index (χ2v) is 6.74. The molecule has 0 bridgehead atoms. The molecule has 0 unspecified atom stereocenters. The summed E-state index contributed by atoms with van der Waals surface area (Å²) < 4.78 is 0. The summed E-state index contributed by atoms with van der Waals surface area (Å²) in [6.45, 7) is 2.09. The Kier molecular flexibility index (Phi) is 3.97. The van der Waals surface area contributed by atoms with Crippen molar-refractivity contribution in [3.63, 3.8) is 0 Å². The van der Waals surface area contributed by atoms with Crippen LogP contribution in [0.5, 0.6) is 0 Å². The first kappa shape index (κ1) is 14.9. The molecule has 0 fully saturated rings. The van der Waals surface area contributed by atoms with E-state index in [0.29, 0.717) is 0 Å². The smallest absolute Gasteiger partial charge is 0.124 e. The molecule has 1 nitrogen and oxygen atoms in total. The fraction of sp³-hybridized carbons (Fsp3) is 0.0455. The Hall–Kier alpha value is -2.71. The molecule has 4 rings (SSSR count). The van der Waals surface area contributed by atoms with Crippen molar-refractivity contribution in [1.29, 1.82) is 0 Å². The Labute approximate surface area is 146 Å². The Balaban J connectivity index is 1.68. The van der Waals surface area contributed by atoms with Crippen molar-refractivity contribution in [2.45, 2.75) is 6.92 Å². The first-order chi connectivity index (χ1) is 11.8. The van der Waals surface area contributed by atoms with Crippen LogP contribution in [0.4, 0.5) is 0 Å². The molecular formula is C22H17NS. The molecular weight excluding hydrogens is 310 g/mol. The number of rotatable bonds is 3. The molecule has 0 aliphatic rings. The van der Waals surface area contributed by atoms with Crippen LogP contribution in [0.25, 0.3) is 32.1 Å². The Bertz CT molecular complexity index is 938. The van der Waals surface area contributed by atoms with Gasteiger partial charge in [0.05, 0.1) is 10.6 Å². The first-order valence-corrected chi connectivity index (χ1v) is 8.81. The van der Waals surface area contributed by atoms with Crippen molar-refractivity contribution >= 4 is 11.3 Å². The monoisotopic (exact) mass is 327 g/mol. The van der Waals surface area contributed by atoms with E-state index in [-0.39, 0.29) is 0 Å². The molecule has 0 radical (unpaired) electrons. The predicted molar refractivity (Wildman–Crippen MR) is 103 cm³/mol. The average molecular weight is 327 g/mol. The minimum Gasteiger partial charge on any atom is -0.241 e. The summed E-state index contributed by atoms with van der Waals surface area (Å²) in [6, 6.07) is 29.6. The van der Waals surface area contributed by atoms with Gasteiger partial charge in [-0.2, -0.15) is 0 Å². The van der Waals surface area contributed by atoms with Crippen molar-refractivity contribution in [3.05, 3.63) is 90.6 Å². The fourth-order valence-corrected chi connectivity index (χ4v) is 3.89. The Morgan fingerprint density at radius 3 is 1.71 bits per heavy atom. The van der Waals surface area contributed by atoms with Gasteiger partial charge in [-0.3, -0.25) is 0 Å². The molecule has 0 aliphatic carbocycles. The molecule has 0 saturated carbocycles. The number of nitrogens with zero attached hydrogens (tertiary/aromatic N) is 1. The third-order valence-corrected chi connectivity index (χ3v) is 5.33. The predicted octanol–water partition coefficient (Wildman–Crippen LogP) is 6.45. The Morgan fingerprint density at radius 1 is 0.583 bits per heavy atom. The lowest BCUT2D eigenvalue weighted by molar-refractivity contribution is 1.27. The van der Waals surface area contributed by atoms with Crippen LogP contribution in [-0.2, 0) is 0 Å². The standard InChI is InChI=1S/C22H17NS/c1-16-21(24-22(23-16)20-10-6-3-7-11-20)19-14-12-18(13-15-19)17-8-4-2-5-9-17/h2-15H,1H3. The van der Waals surface area contributed by atoms with Gasteiger partial charge < -0.3 is 0 Å². The summed E-state index contributed by atoms with van der Waals surface area (Å²) in [5, 5.41) is 1.08. The summed E-state index contributed by atoms with van der Waals surface area (Å²) in [6.07, 6.45) is 0. The van der Waals surface area contributed by atoms with E-state index in [2.05, 4.69) is 79.7 Å². The van der Waals surface area contributed by atoms with Gasteiger partial charge in [-0.05, 0) is 23.6 Å². The van der Waals surface area contributed by atoms with Gasteiger partial charge in [-0.15, -0.1) is 11.3 Å². The van der Waals surface area contributed by atoms with Crippen LogP contribution >= 0.6 is 11.3 Å². The molecule has 3 aromatic carbocycles. The lowest BCUT2D eigenvalue weighted by Gasteiger charge is -2.03. The molecule has 1 heterocycles. The van der Waals surface area contributed by atoms with Crippen molar-refractivity contribution in [2.24, 2.45) is 0 Å². The molecule has 116 valence electrons. The number of hydrogen-bond donors (Lipinski definition) is 0. The zero-order valence-electron chi connectivity index (χ0n) is 13.4. The molecule has 0 aliphatic heterocycles. The minimum absolute atomic E-state index is 1.08. The third kappa shape index (κ3) is 2.89. The van der Waals surface area contributed by atoms with E-state index in [4.69, 9.17) is 4.98 Å². The number of aromatic nitrogens is 1. The van der Waals surface area contributed by atoms with Crippen LogP contribution in [0.15, 0.2) is 84.9 Å². The number of benzene rings is 3. The van der Waals surface area contributed by atoms with Gasteiger partial charge in [-0.25, -0.2) is 4.98 Å². The van der Waals surface area contributed by atoms with E-state index in [0.717, 1.165) is 10.7 Å². The maximum Gasteiger partial charge on any atom is 0.124 e. The summed E-state index contributed by atoms with van der Waals surface area (Å²) >= 11 is 1.76. The van der Waals surface area contributed by atoms with Gasteiger partial charge in [0.2, 0.25) is 0 Å². The first-order valence-electron chi connectivity index (χ1n) is 8.00. The average Bonchev–Trinajstić information content (AvgIpc) is 3.05. The molecule has 0 saturated heterocycles. The number of thiazole rings is 1. The number of aryl methyl sites for hydroxylation is 1. The van der Waals surface area contributed by atoms with Crippen LogP contribution in [0.2, 0.25) is 0 Å². The zero-order valence-corrected chi connectivity index (χ0v) is 14.3. The molecule has 2 heteroatoms. The lowest BCUT2D eigenvalue weighted by Crippen LogP contribution is -1.80. The summed E-state index contributed by atoms with van der Waals surface area (Å²) in [5.74, 6) is 0. The lowest BCUT2D eigenvalue weighted by atomic mass is 10.0. The Morgan fingerprint density at radius 2 is 1.08 bits per heavy atom. The van der Waals surface area contributed by atoms with E-state index < -0.39 is 0 Å². The highest BCUT2D eigenvalue weighted by Crippen LogP contribution is 2.35. The van der Waals surface area contributed by atoms with Crippen LogP contribution in [0.1, 0.15) is 5.69 Å². The summed E-state index contributed by atoms with van der Waals surface area (Å²) in [4.78, 5) is 6.00. The zero-order chi connectivity index (χ0) is 16.4. The third-order valence-electron chi connectivity index (χ3n) is 4.07. The van der Waals surface area contributed by atoms with Gasteiger partial charge in [-0.1, -0.05) is 84.9 Å². The van der Waals surface area contributed by atoms with Crippen LogP contribution < -0.4 is 0 Å². The van der Waals surface area contributed by atoms with E-state index >= 15 is 0 Å². The van der Waals surface area contributed by atoms with Crippen LogP contribution in [0.3, 0.4) is 0 Å². The molecule has 0 spiro atoms. The molecule has 4 aromatic rings. The minimum atomic E-state index is 1.08. The van der Waals surface area contributed by atoms with Crippen molar-refractivity contribution in [1.82, 2.24) is 4.98 Å². The maximum atomic E-state index is 4.76. The second kappa shape index (κ2) is 6.42. The van der Waals surface area contributed by atoms with Gasteiger partial charge in [0.1, 0.15) is 5.01 Å². The fourth-order valence-electron chi connectivity index (χ4n) is 2.81. The number of hydrogen-bond acceptors (Lipinski definition) is 2. The highest BCUT2D eigenvalue weighted by Gasteiger charge is 2.11. The summed E-state index contributed by atoms with van der Waals surface area (Å²) in [5.41, 5.74) is 5.98. The maximum absolute atomic E-state index is 4.76. The molecule has 0 N–H and O–H groups in total. The van der Waals surface area contributed by atoms with Crippen molar-refractivity contribution < 1.29 is 0 Å². The molecule has 24 heavy (non-hydrogen) atoms. The van der Waals surface area contributed by atoms with Gasteiger partial charge in [0, 0.05) is 5.56 Å². The van der Waals surface area contributed by atoms with E-state index in [9.17, 15) is 0 Å². The highest BCUT2D eigenvalue weighted by molar-refractivity contribution is 7.18. The summed E-state index contributed by atoms with van der Waals surface area (Å²) in [7, 11) is 0. The van der Waals surface area contributed by atoms with Gasteiger partial charge >= 0.3 is 0 Å². The quantitative estimate of drug-likeness (QED) is 0.421. The van der Waals surface area contributed by atoms with Gasteiger partial charge in [0.25, 0.3) is 0 Å². The van der Waals surface area contributed by atoms with Crippen LogP contribution in [-0.4, -0.2) is 4.98 Å².